The lowest BCUT2D eigenvalue weighted by atomic mass is 9.89. The zero-order valence-electron chi connectivity index (χ0n) is 10.8. The number of hydrogen-bond donors (Lipinski definition) is 2. The van der Waals surface area contributed by atoms with Gasteiger partial charge in [0.15, 0.2) is 0 Å². The van der Waals surface area contributed by atoms with E-state index in [-0.39, 0.29) is 5.71 Å². The average Bonchev–Trinajstić information content (AvgIpc) is 2.82. The van der Waals surface area contributed by atoms with E-state index < -0.39 is 18.3 Å². The second-order valence-electron chi connectivity index (χ2n) is 5.40. The first-order chi connectivity index (χ1) is 9.39. The number of nitrogens with zero attached hydrogens (tertiary/aromatic N) is 1. The van der Waals surface area contributed by atoms with Gasteiger partial charge in [0.2, 0.25) is 0 Å². The van der Waals surface area contributed by atoms with Gasteiger partial charge in [0.1, 0.15) is 0 Å². The molecule has 0 fully saturated rings. The highest BCUT2D eigenvalue weighted by Crippen LogP contribution is 2.35. The predicted octanol–water partition coefficient (Wildman–Crippen LogP) is 2.51. The minimum Gasteiger partial charge on any atom is -0.362 e. The highest BCUT2D eigenvalue weighted by atomic mass is 19.4. The van der Waals surface area contributed by atoms with Crippen molar-refractivity contribution in [1.29, 1.82) is 0 Å². The highest BCUT2D eigenvalue weighted by molar-refractivity contribution is 6.02. The molecule has 2 N–H and O–H groups in total. The van der Waals surface area contributed by atoms with Gasteiger partial charge in [-0.05, 0) is 48.4 Å². The number of alkyl halides is 3. The van der Waals surface area contributed by atoms with Gasteiger partial charge in [-0.2, -0.15) is 18.3 Å². The van der Waals surface area contributed by atoms with E-state index in [0.717, 1.165) is 25.7 Å². The Balaban J connectivity index is 1.85. The van der Waals surface area contributed by atoms with Gasteiger partial charge >= 0.3 is 6.18 Å². The summed E-state index contributed by atoms with van der Waals surface area (Å²) in [6.45, 7) is 0. The normalized spacial score (nSPS) is 25.9. The molecule has 0 bridgehead atoms. The van der Waals surface area contributed by atoms with Crippen LogP contribution in [-0.2, 0) is 12.8 Å². The van der Waals surface area contributed by atoms with Crippen molar-refractivity contribution in [2.24, 2.45) is 5.10 Å². The van der Waals surface area contributed by atoms with Crippen molar-refractivity contribution in [2.45, 2.75) is 44.0 Å². The van der Waals surface area contributed by atoms with Gasteiger partial charge in [-0.3, -0.25) is 5.43 Å². The summed E-state index contributed by atoms with van der Waals surface area (Å²) in [5.74, 6) is 0. The van der Waals surface area contributed by atoms with Gasteiger partial charge in [-0.15, -0.1) is 0 Å². The van der Waals surface area contributed by atoms with Crippen LogP contribution in [0.3, 0.4) is 0 Å². The Hall–Kier alpha value is -1.56. The molecule has 1 heterocycles. The van der Waals surface area contributed by atoms with Gasteiger partial charge in [-0.25, -0.2) is 0 Å². The first-order valence-electron chi connectivity index (χ1n) is 6.64. The molecule has 0 spiro atoms. The van der Waals surface area contributed by atoms with E-state index in [0.29, 0.717) is 5.56 Å². The summed E-state index contributed by atoms with van der Waals surface area (Å²) in [5, 5.41) is 13.2. The van der Waals surface area contributed by atoms with E-state index >= 15 is 0 Å². The number of aryl methyl sites for hydroxylation is 2. The average molecular weight is 284 g/mol. The number of rotatable bonds is 1. The van der Waals surface area contributed by atoms with Crippen LogP contribution in [0, 0.1) is 0 Å². The van der Waals surface area contributed by atoms with Crippen LogP contribution in [0.15, 0.2) is 23.3 Å². The van der Waals surface area contributed by atoms with E-state index in [4.69, 9.17) is 0 Å². The Morgan fingerprint density at radius 3 is 2.50 bits per heavy atom. The Labute approximate surface area is 114 Å². The molecule has 6 heteroatoms. The number of halogens is 3. The van der Waals surface area contributed by atoms with Crippen molar-refractivity contribution in [1.82, 2.24) is 5.43 Å². The molecule has 1 atom stereocenters. The number of hydrogen-bond acceptors (Lipinski definition) is 3. The third kappa shape index (κ3) is 2.18. The zero-order valence-corrected chi connectivity index (χ0v) is 10.8. The first-order valence-corrected chi connectivity index (χ1v) is 6.64. The van der Waals surface area contributed by atoms with Crippen molar-refractivity contribution in [3.63, 3.8) is 0 Å². The molecule has 1 aromatic carbocycles. The fraction of sp³-hybridized carbons (Fsp3) is 0.500. The van der Waals surface area contributed by atoms with Crippen molar-refractivity contribution in [3.05, 3.63) is 34.9 Å². The van der Waals surface area contributed by atoms with Crippen molar-refractivity contribution in [3.8, 4) is 0 Å². The Kier molecular flexibility index (Phi) is 3.01. The molecule has 0 aromatic heterocycles. The molecule has 3 rings (SSSR count). The lowest BCUT2D eigenvalue weighted by Crippen LogP contribution is -2.52. The molecule has 0 unspecified atom stereocenters. The summed E-state index contributed by atoms with van der Waals surface area (Å²) in [4.78, 5) is 0. The van der Waals surface area contributed by atoms with E-state index in [1.165, 1.54) is 11.1 Å². The van der Waals surface area contributed by atoms with E-state index in [1.54, 1.807) is 6.07 Å². The second-order valence-corrected chi connectivity index (χ2v) is 5.40. The first kappa shape index (κ1) is 13.4. The molecule has 0 amide bonds. The van der Waals surface area contributed by atoms with Gasteiger partial charge < -0.3 is 5.11 Å². The maximum atomic E-state index is 12.7. The molecule has 0 radical (unpaired) electrons. The fourth-order valence-corrected chi connectivity index (χ4v) is 2.72. The summed E-state index contributed by atoms with van der Waals surface area (Å²) in [5.41, 5.74) is 2.21. The summed E-state index contributed by atoms with van der Waals surface area (Å²) in [7, 11) is 0. The van der Waals surface area contributed by atoms with Crippen LogP contribution in [-0.4, -0.2) is 22.7 Å². The molecule has 0 saturated heterocycles. The quantitative estimate of drug-likeness (QED) is 0.832. The third-order valence-electron chi connectivity index (χ3n) is 3.95. The largest absolute Gasteiger partial charge is 0.438 e. The topological polar surface area (TPSA) is 44.6 Å². The van der Waals surface area contributed by atoms with Crippen molar-refractivity contribution in [2.75, 3.05) is 0 Å². The number of fused-ring (bicyclic) bond motifs is 1. The summed E-state index contributed by atoms with van der Waals surface area (Å²) in [6, 6.07) is 5.64. The molecule has 1 aliphatic heterocycles. The summed E-state index contributed by atoms with van der Waals surface area (Å²) >= 11 is 0. The minimum absolute atomic E-state index is 0.248. The molecule has 20 heavy (non-hydrogen) atoms. The van der Waals surface area contributed by atoms with E-state index in [1.807, 2.05) is 17.6 Å². The van der Waals surface area contributed by atoms with Gasteiger partial charge in [0.25, 0.3) is 5.72 Å². The molecule has 3 nitrogen and oxygen atoms in total. The van der Waals surface area contributed by atoms with Crippen LogP contribution in [0.1, 0.15) is 36.0 Å². The maximum Gasteiger partial charge on any atom is 0.438 e. The number of nitrogens with one attached hydrogen (secondary N) is 1. The highest BCUT2D eigenvalue weighted by Gasteiger charge is 2.57. The number of hydrazone groups is 1. The van der Waals surface area contributed by atoms with E-state index in [9.17, 15) is 18.3 Å². The molecule has 0 saturated carbocycles. The van der Waals surface area contributed by atoms with Crippen LogP contribution < -0.4 is 5.43 Å². The summed E-state index contributed by atoms with van der Waals surface area (Å²) < 4.78 is 38.2. The van der Waals surface area contributed by atoms with Crippen LogP contribution in [0.25, 0.3) is 0 Å². The van der Waals surface area contributed by atoms with Crippen molar-refractivity contribution < 1.29 is 18.3 Å². The Morgan fingerprint density at radius 2 is 1.85 bits per heavy atom. The fourth-order valence-electron chi connectivity index (χ4n) is 2.72. The van der Waals surface area contributed by atoms with Crippen LogP contribution in [0.5, 0.6) is 0 Å². The lowest BCUT2D eigenvalue weighted by molar-refractivity contribution is -0.266. The third-order valence-corrected chi connectivity index (χ3v) is 3.95. The number of benzene rings is 1. The van der Waals surface area contributed by atoms with Crippen LogP contribution in [0.4, 0.5) is 13.2 Å². The molecular formula is C14H15F3N2O. The standard InChI is InChI=1S/C14H15F3N2O/c15-14(16,17)13(20)8-12(18-19-13)11-6-5-9-3-1-2-4-10(9)7-11/h5-7,19-20H,1-4,8H2/t13-/m1/s1. The van der Waals surface area contributed by atoms with Gasteiger partial charge in [-0.1, -0.05) is 12.1 Å². The molecule has 1 aliphatic carbocycles. The molecular weight excluding hydrogens is 269 g/mol. The van der Waals surface area contributed by atoms with E-state index in [2.05, 4.69) is 5.10 Å². The SMILES string of the molecule is O[C@@]1(C(F)(F)F)CC(c2ccc3c(c2)CCCC3)=NN1. The maximum absolute atomic E-state index is 12.7. The Bertz CT molecular complexity index is 568. The van der Waals surface area contributed by atoms with Gasteiger partial charge in [0, 0.05) is 0 Å². The van der Waals surface area contributed by atoms with Crippen LogP contribution in [0.2, 0.25) is 0 Å². The molecule has 108 valence electrons. The second kappa shape index (κ2) is 4.48. The van der Waals surface area contributed by atoms with Gasteiger partial charge in [0.05, 0.1) is 12.1 Å². The van der Waals surface area contributed by atoms with Crippen LogP contribution >= 0.6 is 0 Å². The smallest absolute Gasteiger partial charge is 0.362 e. The zero-order chi connectivity index (χ0) is 14.4. The molecule has 1 aromatic rings. The number of aliphatic hydroxyl groups is 1. The monoisotopic (exact) mass is 284 g/mol. The van der Waals surface area contributed by atoms with Crippen molar-refractivity contribution >= 4 is 5.71 Å². The lowest BCUT2D eigenvalue weighted by Gasteiger charge is -2.24. The minimum atomic E-state index is -4.74. The summed E-state index contributed by atoms with van der Waals surface area (Å²) in [6.07, 6.45) is -1.07. The Morgan fingerprint density at radius 1 is 1.15 bits per heavy atom. The predicted molar refractivity (Wildman–Crippen MR) is 68.4 cm³/mol. The molecule has 2 aliphatic rings.